The number of halogens is 1. The number of carbonyl (C=O) groups is 1. The molecule has 2 unspecified atom stereocenters. The predicted molar refractivity (Wildman–Crippen MR) is 85.5 cm³/mol. The largest absolute Gasteiger partial charge is 0.370 e. The van der Waals surface area contributed by atoms with Crippen molar-refractivity contribution < 1.29 is 9.53 Å². The summed E-state index contributed by atoms with van der Waals surface area (Å²) in [6.45, 7) is 2.44. The average Bonchev–Trinajstić information content (AvgIpc) is 2.45. The van der Waals surface area contributed by atoms with Gasteiger partial charge in [-0.3, -0.25) is 4.79 Å². The second-order valence-corrected chi connectivity index (χ2v) is 6.48. The van der Waals surface area contributed by atoms with E-state index < -0.39 is 0 Å². The van der Waals surface area contributed by atoms with Crippen molar-refractivity contribution >= 4 is 28.4 Å². The van der Waals surface area contributed by atoms with Crippen molar-refractivity contribution in [3.05, 3.63) is 33.4 Å². The van der Waals surface area contributed by atoms with E-state index in [1.54, 1.807) is 0 Å². The molecular formula is C16H21IO2. The summed E-state index contributed by atoms with van der Waals surface area (Å²) in [4.78, 5) is 12.1. The van der Waals surface area contributed by atoms with E-state index in [0.717, 1.165) is 22.0 Å². The molecule has 1 fully saturated rings. The van der Waals surface area contributed by atoms with Gasteiger partial charge in [0.25, 0.3) is 0 Å². The SMILES string of the molecule is CCC1CCCCC1OCC(=O)c1ccc(I)cc1. The highest BCUT2D eigenvalue weighted by atomic mass is 127. The molecule has 104 valence electrons. The molecule has 1 aliphatic rings. The number of benzene rings is 1. The van der Waals surface area contributed by atoms with Crippen LogP contribution in [0.5, 0.6) is 0 Å². The molecule has 1 aromatic rings. The summed E-state index contributed by atoms with van der Waals surface area (Å²) in [6.07, 6.45) is 6.34. The topological polar surface area (TPSA) is 26.3 Å². The Morgan fingerprint density at radius 1 is 1.26 bits per heavy atom. The second kappa shape index (κ2) is 7.39. The number of ether oxygens (including phenoxy) is 1. The summed E-state index contributed by atoms with van der Waals surface area (Å²) < 4.78 is 7.03. The molecule has 0 aromatic heterocycles. The molecule has 3 heteroatoms. The van der Waals surface area contributed by atoms with E-state index in [1.807, 2.05) is 24.3 Å². The minimum atomic E-state index is 0.0943. The van der Waals surface area contributed by atoms with Crippen molar-refractivity contribution in [3.63, 3.8) is 0 Å². The van der Waals surface area contributed by atoms with Gasteiger partial charge >= 0.3 is 0 Å². The number of carbonyl (C=O) groups excluding carboxylic acids is 1. The lowest BCUT2D eigenvalue weighted by Gasteiger charge is -2.30. The van der Waals surface area contributed by atoms with Crippen LogP contribution in [-0.4, -0.2) is 18.5 Å². The lowest BCUT2D eigenvalue weighted by molar-refractivity contribution is -0.00570. The molecule has 0 heterocycles. The number of Topliss-reactive ketones (excluding diaryl/α,β-unsaturated/α-hetero) is 1. The highest BCUT2D eigenvalue weighted by Gasteiger charge is 2.24. The Bertz CT molecular complexity index is 413. The van der Waals surface area contributed by atoms with Crippen LogP contribution in [0.2, 0.25) is 0 Å². The van der Waals surface area contributed by atoms with Crippen LogP contribution in [0.25, 0.3) is 0 Å². The molecule has 0 saturated heterocycles. The first-order chi connectivity index (χ1) is 9.20. The smallest absolute Gasteiger partial charge is 0.188 e. The molecule has 0 spiro atoms. The van der Waals surface area contributed by atoms with Gasteiger partial charge in [0, 0.05) is 9.13 Å². The summed E-state index contributed by atoms with van der Waals surface area (Å²) in [5, 5.41) is 0. The Balaban J connectivity index is 1.87. The molecule has 19 heavy (non-hydrogen) atoms. The molecule has 1 aliphatic carbocycles. The summed E-state index contributed by atoms with van der Waals surface area (Å²) in [7, 11) is 0. The monoisotopic (exact) mass is 372 g/mol. The normalized spacial score (nSPS) is 23.3. The van der Waals surface area contributed by atoms with Crippen molar-refractivity contribution in [2.45, 2.75) is 45.1 Å². The summed E-state index contributed by atoms with van der Waals surface area (Å²) >= 11 is 2.24. The summed E-state index contributed by atoms with van der Waals surface area (Å²) in [5.74, 6) is 0.732. The quantitative estimate of drug-likeness (QED) is 0.564. The molecule has 0 N–H and O–H groups in total. The number of hydrogen-bond donors (Lipinski definition) is 0. The molecule has 2 rings (SSSR count). The van der Waals surface area contributed by atoms with Crippen molar-refractivity contribution in [1.29, 1.82) is 0 Å². The second-order valence-electron chi connectivity index (χ2n) is 5.23. The third-order valence-electron chi connectivity index (χ3n) is 3.96. The van der Waals surface area contributed by atoms with Crippen LogP contribution in [0, 0.1) is 9.49 Å². The fourth-order valence-electron chi connectivity index (χ4n) is 2.76. The summed E-state index contributed by atoms with van der Waals surface area (Å²) in [5.41, 5.74) is 0.754. The van der Waals surface area contributed by atoms with Crippen LogP contribution < -0.4 is 0 Å². The van der Waals surface area contributed by atoms with Crippen molar-refractivity contribution in [2.24, 2.45) is 5.92 Å². The maximum Gasteiger partial charge on any atom is 0.188 e. The Morgan fingerprint density at radius 3 is 2.63 bits per heavy atom. The predicted octanol–water partition coefficient (Wildman–Crippen LogP) is 4.46. The van der Waals surface area contributed by atoms with Crippen molar-refractivity contribution in [1.82, 2.24) is 0 Å². The van der Waals surface area contributed by atoms with Gasteiger partial charge in [-0.15, -0.1) is 0 Å². The van der Waals surface area contributed by atoms with Gasteiger partial charge in [0.05, 0.1) is 6.10 Å². The molecule has 1 saturated carbocycles. The third-order valence-corrected chi connectivity index (χ3v) is 4.68. The van der Waals surface area contributed by atoms with Gasteiger partial charge in [0.2, 0.25) is 0 Å². The van der Waals surface area contributed by atoms with Gasteiger partial charge in [-0.2, -0.15) is 0 Å². The molecular weight excluding hydrogens is 351 g/mol. The van der Waals surface area contributed by atoms with E-state index in [-0.39, 0.29) is 18.5 Å². The third kappa shape index (κ3) is 4.28. The zero-order valence-corrected chi connectivity index (χ0v) is 13.6. The zero-order valence-electron chi connectivity index (χ0n) is 11.4. The molecule has 1 aromatic carbocycles. The van der Waals surface area contributed by atoms with Crippen molar-refractivity contribution in [3.8, 4) is 0 Å². The fourth-order valence-corrected chi connectivity index (χ4v) is 3.12. The molecule has 0 bridgehead atoms. The first kappa shape index (κ1) is 15.0. The van der Waals surface area contributed by atoms with Gasteiger partial charge in [-0.05, 0) is 53.5 Å². The van der Waals surface area contributed by atoms with E-state index in [0.29, 0.717) is 5.92 Å². The van der Waals surface area contributed by atoms with Gasteiger partial charge in [0.1, 0.15) is 6.61 Å². The molecule has 0 aliphatic heterocycles. The van der Waals surface area contributed by atoms with Gasteiger partial charge < -0.3 is 4.74 Å². The standard InChI is InChI=1S/C16H21IO2/c1-2-12-5-3-4-6-16(12)19-11-15(18)13-7-9-14(17)10-8-13/h7-10,12,16H,2-6,11H2,1H3. The maximum atomic E-state index is 12.1. The maximum absolute atomic E-state index is 12.1. The molecule has 2 nitrogen and oxygen atoms in total. The van der Waals surface area contributed by atoms with E-state index in [9.17, 15) is 4.79 Å². The van der Waals surface area contributed by atoms with Crippen LogP contribution in [0.1, 0.15) is 49.4 Å². The number of hydrogen-bond acceptors (Lipinski definition) is 2. The van der Waals surface area contributed by atoms with Gasteiger partial charge in [-0.25, -0.2) is 0 Å². The van der Waals surface area contributed by atoms with Gasteiger partial charge in [-0.1, -0.05) is 38.3 Å². The minimum Gasteiger partial charge on any atom is -0.370 e. The van der Waals surface area contributed by atoms with E-state index in [2.05, 4.69) is 29.5 Å². The van der Waals surface area contributed by atoms with E-state index in [4.69, 9.17) is 4.74 Å². The number of ketones is 1. The first-order valence-corrected chi connectivity index (χ1v) is 8.19. The number of rotatable bonds is 5. The average molecular weight is 372 g/mol. The first-order valence-electron chi connectivity index (χ1n) is 7.11. The molecule has 0 amide bonds. The van der Waals surface area contributed by atoms with E-state index in [1.165, 1.54) is 19.3 Å². The minimum absolute atomic E-state index is 0.0943. The van der Waals surface area contributed by atoms with E-state index >= 15 is 0 Å². The Kier molecular flexibility index (Phi) is 5.82. The Hall–Kier alpha value is -0.420. The molecule has 2 atom stereocenters. The highest BCUT2D eigenvalue weighted by Crippen LogP contribution is 2.29. The van der Waals surface area contributed by atoms with Gasteiger partial charge in [0.15, 0.2) is 5.78 Å². The van der Waals surface area contributed by atoms with Crippen molar-refractivity contribution in [2.75, 3.05) is 6.61 Å². The highest BCUT2D eigenvalue weighted by molar-refractivity contribution is 14.1. The van der Waals surface area contributed by atoms with Crippen LogP contribution in [0.3, 0.4) is 0 Å². The lowest BCUT2D eigenvalue weighted by atomic mass is 9.85. The van der Waals surface area contributed by atoms with Crippen LogP contribution in [0.4, 0.5) is 0 Å². The molecule has 0 radical (unpaired) electrons. The van der Waals surface area contributed by atoms with Crippen LogP contribution in [0.15, 0.2) is 24.3 Å². The Labute approximate surface area is 129 Å². The summed E-state index contributed by atoms with van der Waals surface area (Å²) in [6, 6.07) is 7.68. The lowest BCUT2D eigenvalue weighted by Crippen LogP contribution is -2.29. The fraction of sp³-hybridized carbons (Fsp3) is 0.562. The zero-order chi connectivity index (χ0) is 13.7. The van der Waals surface area contributed by atoms with Crippen LogP contribution in [-0.2, 0) is 4.74 Å². The van der Waals surface area contributed by atoms with Crippen LogP contribution >= 0.6 is 22.6 Å². The Morgan fingerprint density at radius 2 is 1.95 bits per heavy atom.